The fraction of sp³-hybridized carbons (Fsp3) is 0.714. The zero-order chi connectivity index (χ0) is 18.9. The number of piperidine rings is 1. The second kappa shape index (κ2) is 8.78. The summed E-state index contributed by atoms with van der Waals surface area (Å²) in [5.74, 6) is 0.868. The molecule has 0 aliphatic carbocycles. The average Bonchev–Trinajstić information content (AvgIpc) is 3.16. The summed E-state index contributed by atoms with van der Waals surface area (Å²) in [5.41, 5.74) is 4.78. The van der Waals surface area contributed by atoms with Gasteiger partial charge in [0.05, 0.1) is 29.5 Å². The van der Waals surface area contributed by atoms with Crippen molar-refractivity contribution in [2.24, 2.45) is 5.92 Å². The summed E-state index contributed by atoms with van der Waals surface area (Å²) < 4.78 is 4.50. The molecule has 152 valence electrons. The van der Waals surface area contributed by atoms with Crippen LogP contribution < -0.4 is 0 Å². The van der Waals surface area contributed by atoms with Crippen LogP contribution in [0.15, 0.2) is 12.5 Å². The molecule has 2 aromatic rings. The molecule has 0 N–H and O–H groups in total. The van der Waals surface area contributed by atoms with Crippen LogP contribution in [0.5, 0.6) is 0 Å². The van der Waals surface area contributed by atoms with Crippen molar-refractivity contribution in [2.45, 2.75) is 72.9 Å². The quantitative estimate of drug-likeness (QED) is 0.716. The van der Waals surface area contributed by atoms with Gasteiger partial charge in [-0.3, -0.25) is 4.68 Å². The monoisotopic (exact) mass is 393 g/mol. The lowest BCUT2D eigenvalue weighted by Gasteiger charge is -2.38. The third-order valence-corrected chi connectivity index (χ3v) is 5.85. The van der Waals surface area contributed by atoms with Crippen molar-refractivity contribution in [3.8, 4) is 11.3 Å². The third kappa shape index (κ3) is 4.57. The van der Waals surface area contributed by atoms with Crippen LogP contribution in [0.1, 0.15) is 58.3 Å². The average molecular weight is 394 g/mol. The van der Waals surface area contributed by atoms with E-state index in [1.54, 1.807) is 0 Å². The minimum atomic E-state index is -0.00184. The Kier molecular flexibility index (Phi) is 7.14. The van der Waals surface area contributed by atoms with Crippen LogP contribution in [0.25, 0.3) is 11.3 Å². The summed E-state index contributed by atoms with van der Waals surface area (Å²) in [7, 11) is 0. The van der Waals surface area contributed by atoms with Crippen molar-refractivity contribution in [1.82, 2.24) is 24.2 Å². The smallest absolute Gasteiger partial charge is 0.0956 e. The van der Waals surface area contributed by atoms with Crippen LogP contribution in [0.2, 0.25) is 0 Å². The predicted molar refractivity (Wildman–Crippen MR) is 115 cm³/mol. The summed E-state index contributed by atoms with van der Waals surface area (Å²) in [6, 6.07) is 0. The van der Waals surface area contributed by atoms with Crippen molar-refractivity contribution in [3.63, 3.8) is 0 Å². The van der Waals surface area contributed by atoms with Gasteiger partial charge in [0.25, 0.3) is 0 Å². The normalized spacial score (nSPS) is 16.5. The van der Waals surface area contributed by atoms with Crippen LogP contribution in [-0.4, -0.2) is 43.9 Å². The molecule has 0 bridgehead atoms. The van der Waals surface area contributed by atoms with Gasteiger partial charge < -0.3 is 9.47 Å². The van der Waals surface area contributed by atoms with E-state index in [0.717, 1.165) is 31.1 Å². The lowest BCUT2D eigenvalue weighted by atomic mass is 9.96. The Hall–Kier alpha value is -1.33. The van der Waals surface area contributed by atoms with Gasteiger partial charge in [0.1, 0.15) is 0 Å². The van der Waals surface area contributed by atoms with Crippen LogP contribution >= 0.6 is 12.4 Å². The molecule has 0 unspecified atom stereocenters. The maximum atomic E-state index is 4.77. The third-order valence-electron chi connectivity index (χ3n) is 5.85. The van der Waals surface area contributed by atoms with E-state index < -0.39 is 0 Å². The Labute approximate surface area is 170 Å². The molecule has 3 rings (SSSR count). The Morgan fingerprint density at radius 2 is 1.85 bits per heavy atom. The standard InChI is InChI=1S/C21H35N5.ClH/c1-7-10-26-18(4)20(17(3)23-26)19-13-22-15-25(19)21(5,6)14-24-11-8-16(2)9-12-24;/h13,15-16H,7-12,14H2,1-6H3;1H. The second-order valence-corrected chi connectivity index (χ2v) is 8.69. The predicted octanol–water partition coefficient (Wildman–Crippen LogP) is 4.66. The Morgan fingerprint density at radius 3 is 2.48 bits per heavy atom. The van der Waals surface area contributed by atoms with Gasteiger partial charge in [-0.15, -0.1) is 12.4 Å². The molecule has 3 heterocycles. The Morgan fingerprint density at radius 1 is 1.19 bits per heavy atom. The van der Waals surface area contributed by atoms with Crippen molar-refractivity contribution < 1.29 is 0 Å². The zero-order valence-electron chi connectivity index (χ0n) is 17.8. The van der Waals surface area contributed by atoms with Crippen LogP contribution in [0.4, 0.5) is 0 Å². The summed E-state index contributed by atoms with van der Waals surface area (Å²) in [5, 5.41) is 4.77. The first-order valence-corrected chi connectivity index (χ1v) is 10.1. The zero-order valence-corrected chi connectivity index (χ0v) is 18.6. The number of hydrogen-bond acceptors (Lipinski definition) is 3. The number of rotatable bonds is 6. The van der Waals surface area contributed by atoms with E-state index in [4.69, 9.17) is 5.10 Å². The molecule has 1 aliphatic rings. The number of aromatic nitrogens is 4. The number of nitrogens with zero attached hydrogens (tertiary/aromatic N) is 5. The summed E-state index contributed by atoms with van der Waals surface area (Å²) >= 11 is 0. The van der Waals surface area contributed by atoms with Crippen molar-refractivity contribution in [3.05, 3.63) is 23.9 Å². The van der Waals surface area contributed by atoms with Crippen molar-refractivity contribution >= 4 is 12.4 Å². The summed E-state index contributed by atoms with van der Waals surface area (Å²) in [6.07, 6.45) is 7.73. The minimum Gasteiger partial charge on any atom is -0.324 e. The maximum Gasteiger partial charge on any atom is 0.0956 e. The second-order valence-electron chi connectivity index (χ2n) is 8.69. The molecule has 6 heteroatoms. The highest BCUT2D eigenvalue weighted by Crippen LogP contribution is 2.32. The van der Waals surface area contributed by atoms with Crippen molar-refractivity contribution in [2.75, 3.05) is 19.6 Å². The van der Waals surface area contributed by atoms with Gasteiger partial charge in [0.2, 0.25) is 0 Å². The lowest BCUT2D eigenvalue weighted by molar-refractivity contribution is 0.136. The largest absolute Gasteiger partial charge is 0.324 e. The molecule has 27 heavy (non-hydrogen) atoms. The molecule has 0 amide bonds. The summed E-state index contributed by atoms with van der Waals surface area (Å²) in [6.45, 7) is 18.0. The van der Waals surface area contributed by atoms with Gasteiger partial charge in [-0.2, -0.15) is 5.10 Å². The molecule has 1 aliphatic heterocycles. The number of imidazole rings is 1. The first-order valence-electron chi connectivity index (χ1n) is 10.1. The van der Waals surface area contributed by atoms with Gasteiger partial charge in [0.15, 0.2) is 0 Å². The van der Waals surface area contributed by atoms with Gasteiger partial charge in [-0.05, 0) is 66.0 Å². The maximum absolute atomic E-state index is 4.77. The number of likely N-dealkylation sites (tertiary alicyclic amines) is 1. The van der Waals surface area contributed by atoms with E-state index in [2.05, 4.69) is 60.7 Å². The van der Waals surface area contributed by atoms with E-state index >= 15 is 0 Å². The number of halogens is 1. The molecule has 0 atom stereocenters. The Balaban J connectivity index is 0.00000261. The highest BCUT2D eigenvalue weighted by molar-refractivity contribution is 5.85. The number of aryl methyl sites for hydroxylation is 2. The van der Waals surface area contributed by atoms with E-state index in [9.17, 15) is 0 Å². The van der Waals surface area contributed by atoms with Gasteiger partial charge >= 0.3 is 0 Å². The first kappa shape index (κ1) is 22.0. The molecule has 0 aromatic carbocycles. The summed E-state index contributed by atoms with van der Waals surface area (Å²) in [4.78, 5) is 7.13. The molecule has 0 radical (unpaired) electrons. The van der Waals surface area contributed by atoms with E-state index in [0.29, 0.717) is 0 Å². The first-order chi connectivity index (χ1) is 12.3. The van der Waals surface area contributed by atoms with E-state index in [1.807, 2.05) is 12.5 Å². The molecule has 5 nitrogen and oxygen atoms in total. The molecule has 0 saturated carbocycles. The molecule has 2 aromatic heterocycles. The fourth-order valence-electron chi connectivity index (χ4n) is 4.30. The number of hydrogen-bond donors (Lipinski definition) is 0. The van der Waals surface area contributed by atoms with E-state index in [1.165, 1.54) is 42.9 Å². The van der Waals surface area contributed by atoms with E-state index in [-0.39, 0.29) is 17.9 Å². The lowest BCUT2D eigenvalue weighted by Crippen LogP contribution is -2.44. The van der Waals surface area contributed by atoms with Crippen LogP contribution in [0.3, 0.4) is 0 Å². The fourth-order valence-corrected chi connectivity index (χ4v) is 4.30. The molecular weight excluding hydrogens is 358 g/mol. The SMILES string of the molecule is CCCn1nc(C)c(-c2cncn2C(C)(C)CN2CCC(C)CC2)c1C.Cl. The molecule has 0 spiro atoms. The molecule has 1 fully saturated rings. The topological polar surface area (TPSA) is 38.9 Å². The highest BCUT2D eigenvalue weighted by Gasteiger charge is 2.29. The molecule has 1 saturated heterocycles. The highest BCUT2D eigenvalue weighted by atomic mass is 35.5. The van der Waals surface area contributed by atoms with Crippen LogP contribution in [-0.2, 0) is 12.1 Å². The van der Waals surface area contributed by atoms with Gasteiger partial charge in [-0.25, -0.2) is 4.98 Å². The van der Waals surface area contributed by atoms with Gasteiger partial charge in [0, 0.05) is 24.3 Å². The Bertz CT molecular complexity index is 738. The van der Waals surface area contributed by atoms with Crippen LogP contribution in [0, 0.1) is 19.8 Å². The minimum absolute atomic E-state index is 0. The van der Waals surface area contributed by atoms with Crippen molar-refractivity contribution in [1.29, 1.82) is 0 Å². The van der Waals surface area contributed by atoms with Gasteiger partial charge in [-0.1, -0.05) is 13.8 Å². The molecular formula is C21H36ClN5.